The highest BCUT2D eigenvalue weighted by atomic mass is 32.1. The normalized spacial score (nSPS) is 10.9. The topological polar surface area (TPSA) is 76.6 Å². The molecular weight excluding hydrogens is 400 g/mol. The quantitative estimate of drug-likeness (QED) is 0.495. The number of anilines is 1. The number of carbonyl (C=O) groups excluding carboxylic acids is 1. The van der Waals surface area contributed by atoms with Crippen LogP contribution in [0.1, 0.15) is 34.4 Å². The Bertz CT molecular complexity index is 991. The van der Waals surface area contributed by atoms with Gasteiger partial charge < -0.3 is 19.7 Å². The van der Waals surface area contributed by atoms with Crippen LogP contribution in [0.5, 0.6) is 5.88 Å². The molecular formula is C22H28N4O3S. The fourth-order valence-corrected chi connectivity index (χ4v) is 4.47. The summed E-state index contributed by atoms with van der Waals surface area (Å²) in [5.41, 5.74) is 2.04. The molecule has 0 spiro atoms. The molecule has 0 aliphatic carbocycles. The summed E-state index contributed by atoms with van der Waals surface area (Å²) in [6, 6.07) is 10.3. The van der Waals surface area contributed by atoms with Crippen LogP contribution in [0.15, 0.2) is 30.3 Å². The first-order chi connectivity index (χ1) is 14.6. The standard InChI is InChI=1S/C22H28N4O3S/c1-5-26(16-10-7-6-8-11-16)13-9-12-23-20(27)19-15(2)18-21(29-4)24-17(14-28-3)25-22(18)30-19/h6-8,10-11H,5,9,12-14H2,1-4H3,(H,23,27). The van der Waals surface area contributed by atoms with Gasteiger partial charge in [-0.1, -0.05) is 18.2 Å². The molecule has 0 atom stereocenters. The van der Waals surface area contributed by atoms with Gasteiger partial charge in [0.25, 0.3) is 5.91 Å². The number of fused-ring (bicyclic) bond motifs is 1. The van der Waals surface area contributed by atoms with Crippen LogP contribution in [0.3, 0.4) is 0 Å². The highest BCUT2D eigenvalue weighted by Gasteiger charge is 2.21. The van der Waals surface area contributed by atoms with Crippen molar-refractivity contribution in [1.29, 1.82) is 0 Å². The minimum absolute atomic E-state index is 0.0893. The molecule has 1 aromatic carbocycles. The van der Waals surface area contributed by atoms with Crippen LogP contribution >= 0.6 is 11.3 Å². The first-order valence-electron chi connectivity index (χ1n) is 10.00. The molecule has 0 unspecified atom stereocenters. The molecule has 0 aliphatic rings. The van der Waals surface area contributed by atoms with Gasteiger partial charge in [0, 0.05) is 32.4 Å². The fraction of sp³-hybridized carbons (Fsp3) is 0.409. The van der Waals surface area contributed by atoms with E-state index in [1.165, 1.54) is 17.0 Å². The molecule has 30 heavy (non-hydrogen) atoms. The summed E-state index contributed by atoms with van der Waals surface area (Å²) in [6.07, 6.45) is 0.861. The molecule has 0 radical (unpaired) electrons. The molecule has 0 bridgehead atoms. The van der Waals surface area contributed by atoms with E-state index in [-0.39, 0.29) is 5.91 Å². The number of aromatic nitrogens is 2. The smallest absolute Gasteiger partial charge is 0.261 e. The van der Waals surface area contributed by atoms with Crippen molar-refractivity contribution < 1.29 is 14.3 Å². The van der Waals surface area contributed by atoms with E-state index in [1.54, 1.807) is 14.2 Å². The monoisotopic (exact) mass is 428 g/mol. The lowest BCUT2D eigenvalue weighted by Crippen LogP contribution is -2.29. The fourth-order valence-electron chi connectivity index (χ4n) is 3.36. The third-order valence-corrected chi connectivity index (χ3v) is 6.05. The first-order valence-corrected chi connectivity index (χ1v) is 10.8. The number of nitrogens with zero attached hydrogens (tertiary/aromatic N) is 3. The number of carbonyl (C=O) groups is 1. The molecule has 0 saturated carbocycles. The number of aryl methyl sites for hydroxylation is 1. The molecule has 2 heterocycles. The Morgan fingerprint density at radius 3 is 2.63 bits per heavy atom. The average Bonchev–Trinajstić information content (AvgIpc) is 3.10. The van der Waals surface area contributed by atoms with Crippen molar-refractivity contribution in [3.8, 4) is 5.88 Å². The van der Waals surface area contributed by atoms with E-state index in [1.807, 2.05) is 25.1 Å². The predicted molar refractivity (Wildman–Crippen MR) is 121 cm³/mol. The number of amides is 1. The van der Waals surface area contributed by atoms with Gasteiger partial charge in [0.2, 0.25) is 5.88 Å². The Morgan fingerprint density at radius 2 is 1.97 bits per heavy atom. The summed E-state index contributed by atoms with van der Waals surface area (Å²) in [5.74, 6) is 0.922. The Kier molecular flexibility index (Phi) is 7.59. The van der Waals surface area contributed by atoms with Crippen molar-refractivity contribution in [3.63, 3.8) is 0 Å². The minimum Gasteiger partial charge on any atom is -0.480 e. The Hall–Kier alpha value is -2.71. The molecule has 0 aliphatic heterocycles. The van der Waals surface area contributed by atoms with E-state index in [2.05, 4.69) is 39.2 Å². The maximum atomic E-state index is 12.8. The van der Waals surface area contributed by atoms with Crippen LogP contribution < -0.4 is 15.0 Å². The second kappa shape index (κ2) is 10.4. The summed E-state index contributed by atoms with van der Waals surface area (Å²) < 4.78 is 10.6. The molecule has 3 rings (SSSR count). The van der Waals surface area contributed by atoms with E-state index < -0.39 is 0 Å². The van der Waals surface area contributed by atoms with Crippen LogP contribution in [0, 0.1) is 6.92 Å². The maximum Gasteiger partial charge on any atom is 0.261 e. The van der Waals surface area contributed by atoms with Crippen molar-refractivity contribution in [2.45, 2.75) is 26.9 Å². The molecule has 0 fully saturated rings. The van der Waals surface area contributed by atoms with Crippen molar-refractivity contribution in [2.75, 3.05) is 38.8 Å². The van der Waals surface area contributed by atoms with Crippen LogP contribution in [0.4, 0.5) is 5.69 Å². The maximum absolute atomic E-state index is 12.8. The third-order valence-electron chi connectivity index (χ3n) is 4.87. The predicted octanol–water partition coefficient (Wildman–Crippen LogP) is 3.80. The van der Waals surface area contributed by atoms with Gasteiger partial charge in [0.15, 0.2) is 5.82 Å². The summed E-state index contributed by atoms with van der Waals surface area (Å²) in [6.45, 7) is 6.75. The zero-order valence-corrected chi connectivity index (χ0v) is 18.7. The minimum atomic E-state index is -0.0893. The van der Waals surface area contributed by atoms with Gasteiger partial charge in [-0.3, -0.25) is 4.79 Å². The second-order valence-corrected chi connectivity index (χ2v) is 7.84. The van der Waals surface area contributed by atoms with Gasteiger partial charge in [-0.2, -0.15) is 4.98 Å². The highest BCUT2D eigenvalue weighted by Crippen LogP contribution is 2.35. The SMILES string of the molecule is CCN(CCCNC(=O)c1sc2nc(COC)nc(OC)c2c1C)c1ccccc1. The largest absolute Gasteiger partial charge is 0.480 e. The van der Waals surface area contributed by atoms with E-state index >= 15 is 0 Å². The molecule has 1 N–H and O–H groups in total. The van der Waals surface area contributed by atoms with Crippen molar-refractivity contribution >= 4 is 33.1 Å². The van der Waals surface area contributed by atoms with Gasteiger partial charge in [-0.05, 0) is 38.0 Å². The van der Waals surface area contributed by atoms with Crippen molar-refractivity contribution in [2.24, 2.45) is 0 Å². The molecule has 7 nitrogen and oxygen atoms in total. The molecule has 1 amide bonds. The van der Waals surface area contributed by atoms with E-state index in [9.17, 15) is 4.79 Å². The van der Waals surface area contributed by atoms with Gasteiger partial charge >= 0.3 is 0 Å². The van der Waals surface area contributed by atoms with Gasteiger partial charge in [0.05, 0.1) is 17.4 Å². The molecule has 160 valence electrons. The van der Waals surface area contributed by atoms with Gasteiger partial charge in [0.1, 0.15) is 11.4 Å². The summed E-state index contributed by atoms with van der Waals surface area (Å²) in [7, 11) is 3.16. The number of para-hydroxylation sites is 1. The zero-order valence-electron chi connectivity index (χ0n) is 17.9. The van der Waals surface area contributed by atoms with Gasteiger partial charge in [-0.25, -0.2) is 4.98 Å². The van der Waals surface area contributed by atoms with Gasteiger partial charge in [-0.15, -0.1) is 11.3 Å². The van der Waals surface area contributed by atoms with E-state index in [0.717, 1.165) is 35.3 Å². The third kappa shape index (κ3) is 4.88. The second-order valence-electron chi connectivity index (χ2n) is 6.84. The summed E-state index contributed by atoms with van der Waals surface area (Å²) in [5, 5.41) is 3.83. The number of ether oxygens (including phenoxy) is 2. The van der Waals surface area contributed by atoms with Crippen LogP contribution in [-0.4, -0.2) is 49.7 Å². The Morgan fingerprint density at radius 1 is 1.20 bits per heavy atom. The van der Waals surface area contributed by atoms with E-state index in [0.29, 0.717) is 29.7 Å². The molecule has 3 aromatic rings. The number of rotatable bonds is 10. The number of benzene rings is 1. The molecule has 8 heteroatoms. The van der Waals surface area contributed by atoms with Crippen LogP contribution in [-0.2, 0) is 11.3 Å². The zero-order chi connectivity index (χ0) is 21.5. The average molecular weight is 429 g/mol. The molecule has 2 aromatic heterocycles. The number of hydrogen-bond donors (Lipinski definition) is 1. The first kappa shape index (κ1) is 22.0. The van der Waals surface area contributed by atoms with Crippen molar-refractivity contribution in [3.05, 3.63) is 46.6 Å². The van der Waals surface area contributed by atoms with Crippen LogP contribution in [0.2, 0.25) is 0 Å². The van der Waals surface area contributed by atoms with Crippen LogP contribution in [0.25, 0.3) is 10.2 Å². The Labute approximate surface area is 181 Å². The number of hydrogen-bond acceptors (Lipinski definition) is 7. The van der Waals surface area contributed by atoms with E-state index in [4.69, 9.17) is 9.47 Å². The summed E-state index contributed by atoms with van der Waals surface area (Å²) >= 11 is 1.36. The highest BCUT2D eigenvalue weighted by molar-refractivity contribution is 7.20. The number of methoxy groups -OCH3 is 2. The lowest BCUT2D eigenvalue weighted by atomic mass is 10.2. The lowest BCUT2D eigenvalue weighted by Gasteiger charge is -2.23. The van der Waals surface area contributed by atoms with Crippen molar-refractivity contribution in [1.82, 2.24) is 15.3 Å². The molecule has 0 saturated heterocycles. The summed E-state index contributed by atoms with van der Waals surface area (Å²) in [4.78, 5) is 25.4. The number of thiophene rings is 1. The Balaban J connectivity index is 1.66. The number of nitrogens with one attached hydrogen (secondary N) is 1. The lowest BCUT2D eigenvalue weighted by molar-refractivity contribution is 0.0957.